The van der Waals surface area contributed by atoms with E-state index in [0.29, 0.717) is 28.9 Å². The average molecular weight is 562 g/mol. The third-order valence-corrected chi connectivity index (χ3v) is 7.88. The zero-order chi connectivity index (χ0) is 29.2. The van der Waals surface area contributed by atoms with E-state index in [9.17, 15) is 9.59 Å². The van der Waals surface area contributed by atoms with Crippen LogP contribution in [0.4, 0.5) is 22.7 Å². The van der Waals surface area contributed by atoms with Gasteiger partial charge in [0.15, 0.2) is 5.78 Å². The van der Waals surface area contributed by atoms with Gasteiger partial charge in [0.1, 0.15) is 0 Å². The summed E-state index contributed by atoms with van der Waals surface area (Å²) in [6.07, 6.45) is 1.73. The van der Waals surface area contributed by atoms with Crippen LogP contribution in [0, 0.1) is 6.92 Å². The smallest absolute Gasteiger partial charge is 0.257 e. The number of hydrogen-bond acceptors (Lipinski definition) is 7. The van der Waals surface area contributed by atoms with Gasteiger partial charge in [-0.05, 0) is 62.5 Å². The highest BCUT2D eigenvalue weighted by atomic mass is 16.2. The molecule has 3 heterocycles. The molecule has 9 nitrogen and oxygen atoms in total. The molecule has 42 heavy (non-hydrogen) atoms. The molecule has 3 N–H and O–H groups in total. The number of rotatable bonds is 8. The van der Waals surface area contributed by atoms with Crippen molar-refractivity contribution in [3.63, 3.8) is 0 Å². The molecule has 3 aromatic carbocycles. The van der Waals surface area contributed by atoms with Crippen molar-refractivity contribution in [2.45, 2.75) is 13.5 Å². The molecule has 1 saturated heterocycles. The molecule has 2 aliphatic rings. The van der Waals surface area contributed by atoms with Gasteiger partial charge >= 0.3 is 0 Å². The monoisotopic (exact) mass is 561 g/mol. The number of nitrogens with zero attached hydrogens (tertiary/aromatic N) is 4. The normalized spacial score (nSPS) is 15.9. The molecule has 0 unspecified atom stereocenters. The van der Waals surface area contributed by atoms with Crippen LogP contribution in [0.3, 0.4) is 0 Å². The second kappa shape index (κ2) is 11.5. The van der Waals surface area contributed by atoms with E-state index in [0.717, 1.165) is 54.5 Å². The molecule has 1 amide bonds. The van der Waals surface area contributed by atoms with Gasteiger partial charge in [0.2, 0.25) is 0 Å². The maximum atomic E-state index is 13.4. The van der Waals surface area contributed by atoms with Crippen LogP contribution in [0.5, 0.6) is 0 Å². The topological polar surface area (TPSA) is 94.5 Å². The molecule has 9 heteroatoms. The summed E-state index contributed by atoms with van der Waals surface area (Å²) in [7, 11) is 4.07. The Hall–Kier alpha value is -4.89. The molecule has 0 saturated carbocycles. The van der Waals surface area contributed by atoms with Crippen molar-refractivity contribution in [1.29, 1.82) is 0 Å². The maximum Gasteiger partial charge on any atom is 0.257 e. The minimum absolute atomic E-state index is 0.108. The summed E-state index contributed by atoms with van der Waals surface area (Å²) in [5.74, 6) is -0.309. The Morgan fingerprint density at radius 1 is 0.929 bits per heavy atom. The predicted octanol–water partition coefficient (Wildman–Crippen LogP) is 4.73. The Bertz CT molecular complexity index is 1660. The van der Waals surface area contributed by atoms with Crippen molar-refractivity contribution in [3.05, 3.63) is 107 Å². The molecule has 6 rings (SSSR count). The molecule has 2 aliphatic heterocycles. The lowest BCUT2D eigenvalue weighted by Crippen LogP contribution is -2.44. The number of hydrogen-bond donors (Lipinski definition) is 3. The van der Waals surface area contributed by atoms with Crippen molar-refractivity contribution in [3.8, 4) is 0 Å². The average Bonchev–Trinajstić information content (AvgIpc) is 3.50. The van der Waals surface area contributed by atoms with E-state index in [1.807, 2.05) is 61.1 Å². The van der Waals surface area contributed by atoms with E-state index < -0.39 is 0 Å². The number of aryl methyl sites for hydroxylation is 2. The summed E-state index contributed by atoms with van der Waals surface area (Å²) < 4.78 is 1.85. The van der Waals surface area contributed by atoms with Crippen LogP contribution in [-0.4, -0.2) is 59.6 Å². The van der Waals surface area contributed by atoms with Gasteiger partial charge in [-0.25, -0.2) is 0 Å². The number of aromatic nitrogens is 2. The summed E-state index contributed by atoms with van der Waals surface area (Å²) in [5, 5.41) is 13.9. The number of ketones is 1. The Balaban J connectivity index is 1.12. The number of amides is 1. The number of benzene rings is 3. The Morgan fingerprint density at radius 3 is 2.43 bits per heavy atom. The fourth-order valence-corrected chi connectivity index (χ4v) is 5.43. The lowest BCUT2D eigenvalue weighted by molar-refractivity contribution is -0.110. The SMILES string of the molecule is Cc1cc(CNc2cccc(C(=O)c3ccc4c(c3)NC(=O)/C4=C/Nc3ccc(N4CCN(C)CC4)cc3)c2)n(C)n1. The van der Waals surface area contributed by atoms with Gasteiger partial charge in [0.25, 0.3) is 5.91 Å². The van der Waals surface area contributed by atoms with Crippen LogP contribution >= 0.6 is 0 Å². The Morgan fingerprint density at radius 2 is 1.69 bits per heavy atom. The molecule has 214 valence electrons. The third-order valence-electron chi connectivity index (χ3n) is 7.88. The molecule has 0 bridgehead atoms. The number of piperazine rings is 1. The second-order valence-electron chi connectivity index (χ2n) is 10.9. The Kier molecular flexibility index (Phi) is 7.50. The summed E-state index contributed by atoms with van der Waals surface area (Å²) in [5.41, 5.74) is 7.99. The van der Waals surface area contributed by atoms with E-state index in [1.165, 1.54) is 5.69 Å². The summed E-state index contributed by atoms with van der Waals surface area (Å²) in [4.78, 5) is 30.9. The molecule has 0 atom stereocenters. The van der Waals surface area contributed by atoms with Crippen molar-refractivity contribution in [1.82, 2.24) is 14.7 Å². The fraction of sp³-hybridized carbons (Fsp3) is 0.242. The molecular weight excluding hydrogens is 526 g/mol. The van der Waals surface area contributed by atoms with E-state index in [1.54, 1.807) is 24.4 Å². The van der Waals surface area contributed by atoms with E-state index in [2.05, 4.69) is 50.0 Å². The Labute approximate surface area is 245 Å². The molecule has 1 aromatic heterocycles. The highest BCUT2D eigenvalue weighted by Gasteiger charge is 2.25. The molecule has 1 fully saturated rings. The van der Waals surface area contributed by atoms with Crippen LogP contribution in [0.1, 0.15) is 32.9 Å². The first-order valence-electron chi connectivity index (χ1n) is 14.2. The first-order chi connectivity index (χ1) is 20.3. The minimum Gasteiger partial charge on any atom is -0.379 e. The molecule has 0 spiro atoms. The van der Waals surface area contributed by atoms with Gasteiger partial charge < -0.3 is 25.8 Å². The summed E-state index contributed by atoms with van der Waals surface area (Å²) >= 11 is 0. The van der Waals surface area contributed by atoms with Crippen molar-refractivity contribution in [2.75, 3.05) is 54.1 Å². The van der Waals surface area contributed by atoms with Gasteiger partial charge in [-0.2, -0.15) is 5.10 Å². The zero-order valence-corrected chi connectivity index (χ0v) is 24.1. The van der Waals surface area contributed by atoms with Crippen molar-refractivity contribution >= 4 is 40.0 Å². The number of carbonyl (C=O) groups is 2. The van der Waals surface area contributed by atoms with E-state index >= 15 is 0 Å². The van der Waals surface area contributed by atoms with Crippen LogP contribution in [0.15, 0.2) is 79.0 Å². The quantitative estimate of drug-likeness (QED) is 0.212. The predicted molar refractivity (Wildman–Crippen MR) is 168 cm³/mol. The van der Waals surface area contributed by atoms with Crippen LogP contribution in [-0.2, 0) is 18.4 Å². The van der Waals surface area contributed by atoms with Gasteiger partial charge in [-0.15, -0.1) is 0 Å². The number of fused-ring (bicyclic) bond motifs is 1. The number of nitrogens with one attached hydrogen (secondary N) is 3. The standard InChI is InChI=1S/C33H35N7O2/c1-22-17-28(39(3)37-22)20-34-26-6-4-5-23(18-26)32(41)24-7-12-29-30(33(42)36-31(29)19-24)21-35-25-8-10-27(11-9-25)40-15-13-38(2)14-16-40/h4-12,17-19,21,34-35H,13-16,20H2,1-3H3,(H,36,42)/b30-21+. The zero-order valence-electron chi connectivity index (χ0n) is 24.1. The first-order valence-corrected chi connectivity index (χ1v) is 14.2. The number of anilines is 4. The highest BCUT2D eigenvalue weighted by Crippen LogP contribution is 2.33. The second-order valence-corrected chi connectivity index (χ2v) is 10.9. The largest absolute Gasteiger partial charge is 0.379 e. The van der Waals surface area contributed by atoms with Crippen LogP contribution in [0.25, 0.3) is 5.57 Å². The maximum absolute atomic E-state index is 13.4. The third kappa shape index (κ3) is 5.77. The number of likely N-dealkylation sites (N-methyl/N-ethyl adjacent to an activating group) is 1. The lowest BCUT2D eigenvalue weighted by Gasteiger charge is -2.34. The van der Waals surface area contributed by atoms with Gasteiger partial charge in [-0.1, -0.05) is 24.3 Å². The molecule has 4 aromatic rings. The first kappa shape index (κ1) is 27.3. The summed E-state index contributed by atoms with van der Waals surface area (Å²) in [6, 6.07) is 23.1. The van der Waals surface area contributed by atoms with Crippen molar-refractivity contribution in [2.24, 2.45) is 7.05 Å². The molecule has 0 aliphatic carbocycles. The van der Waals surface area contributed by atoms with Crippen LogP contribution < -0.4 is 20.9 Å². The van der Waals surface area contributed by atoms with Gasteiger partial charge in [0, 0.05) is 78.9 Å². The van der Waals surface area contributed by atoms with Crippen molar-refractivity contribution < 1.29 is 9.59 Å². The van der Waals surface area contributed by atoms with Gasteiger partial charge in [0.05, 0.1) is 23.5 Å². The minimum atomic E-state index is -0.201. The number of carbonyl (C=O) groups excluding carboxylic acids is 2. The molecule has 0 radical (unpaired) electrons. The lowest BCUT2D eigenvalue weighted by atomic mass is 9.99. The summed E-state index contributed by atoms with van der Waals surface area (Å²) in [6.45, 7) is 6.72. The van der Waals surface area contributed by atoms with Crippen LogP contribution in [0.2, 0.25) is 0 Å². The van der Waals surface area contributed by atoms with E-state index in [4.69, 9.17) is 0 Å². The van der Waals surface area contributed by atoms with Gasteiger partial charge in [-0.3, -0.25) is 14.3 Å². The fourth-order valence-electron chi connectivity index (χ4n) is 5.43. The van der Waals surface area contributed by atoms with E-state index in [-0.39, 0.29) is 11.7 Å². The highest BCUT2D eigenvalue weighted by molar-refractivity contribution is 6.32. The molecular formula is C33H35N7O2.